The van der Waals surface area contributed by atoms with Crippen LogP contribution in [0.4, 0.5) is 0 Å². The van der Waals surface area contributed by atoms with Crippen molar-refractivity contribution in [2.45, 2.75) is 90.6 Å². The average molecular weight is 280 g/mol. The van der Waals surface area contributed by atoms with Crippen molar-refractivity contribution >= 4 is 5.78 Å². The molecule has 2 rings (SSSR count). The standard InChI is InChI=1S/C18H32O2/c1-3-18(2,15-8-10-16(19)11-9-15)13-14-6-4-5-7-17(20)12-14/h14-16,19H,3-13H2,1-2H3. The highest BCUT2D eigenvalue weighted by Gasteiger charge is 2.37. The Bertz CT molecular complexity index is 317. The zero-order valence-corrected chi connectivity index (χ0v) is 13.4. The molecule has 2 heteroatoms. The summed E-state index contributed by atoms with van der Waals surface area (Å²) in [5.74, 6) is 1.85. The van der Waals surface area contributed by atoms with Crippen molar-refractivity contribution in [1.29, 1.82) is 0 Å². The van der Waals surface area contributed by atoms with Crippen LogP contribution in [0.2, 0.25) is 0 Å². The van der Waals surface area contributed by atoms with E-state index in [0.29, 0.717) is 17.1 Å². The molecule has 116 valence electrons. The SMILES string of the molecule is CCC(C)(CC1CCCCC(=O)C1)C1CCC(O)CC1. The van der Waals surface area contributed by atoms with Gasteiger partial charge in [-0.2, -0.15) is 0 Å². The Morgan fingerprint density at radius 3 is 2.50 bits per heavy atom. The van der Waals surface area contributed by atoms with E-state index in [0.717, 1.165) is 38.0 Å². The third-order valence-electron chi connectivity index (χ3n) is 6.08. The molecule has 2 aliphatic rings. The van der Waals surface area contributed by atoms with Gasteiger partial charge < -0.3 is 5.11 Å². The highest BCUT2D eigenvalue weighted by atomic mass is 16.3. The van der Waals surface area contributed by atoms with Gasteiger partial charge in [-0.25, -0.2) is 0 Å². The van der Waals surface area contributed by atoms with Gasteiger partial charge in [0.2, 0.25) is 0 Å². The minimum atomic E-state index is -0.0631. The molecule has 0 radical (unpaired) electrons. The van der Waals surface area contributed by atoms with Gasteiger partial charge in [-0.15, -0.1) is 0 Å². The Morgan fingerprint density at radius 2 is 1.85 bits per heavy atom. The smallest absolute Gasteiger partial charge is 0.133 e. The van der Waals surface area contributed by atoms with Crippen molar-refractivity contribution in [2.75, 3.05) is 0 Å². The highest BCUT2D eigenvalue weighted by molar-refractivity contribution is 5.78. The second-order valence-corrected chi connectivity index (χ2v) is 7.57. The monoisotopic (exact) mass is 280 g/mol. The maximum atomic E-state index is 11.9. The summed E-state index contributed by atoms with van der Waals surface area (Å²) in [5, 5.41) is 9.71. The zero-order valence-electron chi connectivity index (χ0n) is 13.4. The van der Waals surface area contributed by atoms with E-state index in [1.807, 2.05) is 0 Å². The molecular formula is C18H32O2. The summed E-state index contributed by atoms with van der Waals surface area (Å²) in [7, 11) is 0. The van der Waals surface area contributed by atoms with Gasteiger partial charge in [0.25, 0.3) is 0 Å². The summed E-state index contributed by atoms with van der Waals surface area (Å²) in [6, 6.07) is 0. The van der Waals surface area contributed by atoms with E-state index < -0.39 is 0 Å². The van der Waals surface area contributed by atoms with Crippen LogP contribution in [0.3, 0.4) is 0 Å². The van der Waals surface area contributed by atoms with Crippen molar-refractivity contribution in [2.24, 2.45) is 17.3 Å². The molecule has 2 atom stereocenters. The second kappa shape index (κ2) is 7.06. The molecule has 0 heterocycles. The molecule has 0 bridgehead atoms. The van der Waals surface area contributed by atoms with E-state index in [2.05, 4.69) is 13.8 Å². The molecular weight excluding hydrogens is 248 g/mol. The third kappa shape index (κ3) is 4.07. The first-order valence-corrected chi connectivity index (χ1v) is 8.73. The number of carbonyl (C=O) groups excluding carboxylic acids is 1. The van der Waals surface area contributed by atoms with Crippen LogP contribution in [0.15, 0.2) is 0 Å². The molecule has 0 amide bonds. The quantitative estimate of drug-likeness (QED) is 0.770. The molecule has 0 aliphatic heterocycles. The van der Waals surface area contributed by atoms with Gasteiger partial charge in [0.1, 0.15) is 5.78 Å². The van der Waals surface area contributed by atoms with E-state index in [1.54, 1.807) is 0 Å². The number of rotatable bonds is 4. The Hall–Kier alpha value is -0.370. The van der Waals surface area contributed by atoms with Crippen molar-refractivity contribution in [1.82, 2.24) is 0 Å². The van der Waals surface area contributed by atoms with Crippen LogP contribution >= 0.6 is 0 Å². The van der Waals surface area contributed by atoms with E-state index in [9.17, 15) is 9.90 Å². The normalized spacial score (nSPS) is 35.4. The fraction of sp³-hybridized carbons (Fsp3) is 0.944. The van der Waals surface area contributed by atoms with Gasteiger partial charge in [0.05, 0.1) is 6.10 Å². The molecule has 1 N–H and O–H groups in total. The van der Waals surface area contributed by atoms with Crippen LogP contribution < -0.4 is 0 Å². The van der Waals surface area contributed by atoms with Crippen molar-refractivity contribution in [3.05, 3.63) is 0 Å². The van der Waals surface area contributed by atoms with Gasteiger partial charge in [0.15, 0.2) is 0 Å². The minimum absolute atomic E-state index is 0.0631. The molecule has 2 saturated carbocycles. The lowest BCUT2D eigenvalue weighted by Gasteiger charge is -2.42. The van der Waals surface area contributed by atoms with Crippen LogP contribution in [-0.4, -0.2) is 17.0 Å². The molecule has 2 aliphatic carbocycles. The van der Waals surface area contributed by atoms with E-state index in [-0.39, 0.29) is 6.10 Å². The minimum Gasteiger partial charge on any atom is -0.393 e. The third-order valence-corrected chi connectivity index (χ3v) is 6.08. The van der Waals surface area contributed by atoms with Gasteiger partial charge in [0, 0.05) is 12.8 Å². The number of aliphatic hydroxyl groups is 1. The Balaban J connectivity index is 1.97. The first-order valence-electron chi connectivity index (χ1n) is 8.73. The van der Waals surface area contributed by atoms with Gasteiger partial charge in [-0.1, -0.05) is 26.7 Å². The predicted octanol–water partition coefficient (Wildman–Crippen LogP) is 4.49. The average Bonchev–Trinajstić information content (AvgIpc) is 2.63. The van der Waals surface area contributed by atoms with Crippen molar-refractivity contribution in [3.8, 4) is 0 Å². The van der Waals surface area contributed by atoms with E-state index >= 15 is 0 Å². The van der Waals surface area contributed by atoms with Gasteiger partial charge in [-0.3, -0.25) is 4.79 Å². The lowest BCUT2D eigenvalue weighted by molar-refractivity contribution is -0.119. The van der Waals surface area contributed by atoms with Crippen molar-refractivity contribution < 1.29 is 9.90 Å². The van der Waals surface area contributed by atoms with Gasteiger partial charge in [-0.05, 0) is 62.2 Å². The predicted molar refractivity (Wildman–Crippen MR) is 82.6 cm³/mol. The Morgan fingerprint density at radius 1 is 1.15 bits per heavy atom. The lowest BCUT2D eigenvalue weighted by atomic mass is 9.63. The summed E-state index contributed by atoms with van der Waals surface area (Å²) in [5.41, 5.74) is 0.370. The molecule has 2 fully saturated rings. The summed E-state index contributed by atoms with van der Waals surface area (Å²) in [4.78, 5) is 11.9. The summed E-state index contributed by atoms with van der Waals surface area (Å²) >= 11 is 0. The number of aliphatic hydroxyl groups excluding tert-OH is 1. The molecule has 20 heavy (non-hydrogen) atoms. The van der Waals surface area contributed by atoms with E-state index in [1.165, 1.54) is 38.5 Å². The number of hydrogen-bond acceptors (Lipinski definition) is 2. The fourth-order valence-electron chi connectivity index (χ4n) is 4.49. The first-order chi connectivity index (χ1) is 9.53. The highest BCUT2D eigenvalue weighted by Crippen LogP contribution is 2.46. The topological polar surface area (TPSA) is 37.3 Å². The summed E-state index contributed by atoms with van der Waals surface area (Å²) in [6.45, 7) is 4.74. The number of carbonyl (C=O) groups is 1. The van der Waals surface area contributed by atoms with Crippen LogP contribution in [0.25, 0.3) is 0 Å². The molecule has 0 aromatic rings. The zero-order chi connectivity index (χ0) is 14.6. The summed E-state index contributed by atoms with van der Waals surface area (Å²) in [6.07, 6.45) is 11.9. The number of hydrogen-bond donors (Lipinski definition) is 1. The maximum Gasteiger partial charge on any atom is 0.133 e. The lowest BCUT2D eigenvalue weighted by Crippen LogP contribution is -2.34. The fourth-order valence-corrected chi connectivity index (χ4v) is 4.49. The van der Waals surface area contributed by atoms with Crippen LogP contribution in [0.5, 0.6) is 0 Å². The van der Waals surface area contributed by atoms with Crippen LogP contribution in [-0.2, 0) is 4.79 Å². The number of ketones is 1. The summed E-state index contributed by atoms with van der Waals surface area (Å²) < 4.78 is 0. The first kappa shape index (κ1) is 16.0. The molecule has 0 aromatic heterocycles. The van der Waals surface area contributed by atoms with Crippen molar-refractivity contribution in [3.63, 3.8) is 0 Å². The largest absolute Gasteiger partial charge is 0.393 e. The van der Waals surface area contributed by atoms with E-state index in [4.69, 9.17) is 0 Å². The second-order valence-electron chi connectivity index (χ2n) is 7.57. The molecule has 2 unspecified atom stereocenters. The Kier molecular flexibility index (Phi) is 5.65. The molecule has 2 nitrogen and oxygen atoms in total. The molecule has 0 saturated heterocycles. The maximum absolute atomic E-state index is 11.9. The van der Waals surface area contributed by atoms with Crippen LogP contribution in [0.1, 0.15) is 84.5 Å². The van der Waals surface area contributed by atoms with Crippen LogP contribution in [0, 0.1) is 17.3 Å². The Labute approximate surface area is 124 Å². The van der Waals surface area contributed by atoms with Gasteiger partial charge >= 0.3 is 0 Å². The molecule has 0 aromatic carbocycles. The number of Topliss-reactive ketones (excluding diaryl/α,β-unsaturated/α-hetero) is 1. The molecule has 0 spiro atoms.